The Balaban J connectivity index is 3.23. The molecule has 0 spiro atoms. The molecular weight excluding hydrogens is 136 g/mol. The first-order valence-corrected chi connectivity index (χ1v) is 4.52. The van der Waals surface area contributed by atoms with Gasteiger partial charge in [-0.15, -0.1) is 0 Å². The fourth-order valence-corrected chi connectivity index (χ4v) is 0.791. The second-order valence-corrected chi connectivity index (χ2v) is 3.66. The van der Waals surface area contributed by atoms with Crippen molar-refractivity contribution in [3.63, 3.8) is 0 Å². The third-order valence-electron chi connectivity index (χ3n) is 1.95. The standard InChI is InChI=1S/C9H22N2/c1-5-6-7-11-8-9(2,3)10-4/h10-11H,5-8H2,1-4H3. The van der Waals surface area contributed by atoms with Gasteiger partial charge in [0.15, 0.2) is 0 Å². The number of rotatable bonds is 6. The Hall–Kier alpha value is -0.0800. The maximum Gasteiger partial charge on any atom is 0.0246 e. The van der Waals surface area contributed by atoms with E-state index >= 15 is 0 Å². The van der Waals surface area contributed by atoms with E-state index in [-0.39, 0.29) is 5.54 Å². The molecular formula is C9H22N2. The molecule has 68 valence electrons. The molecule has 0 unspecified atom stereocenters. The second-order valence-electron chi connectivity index (χ2n) is 3.66. The highest BCUT2D eigenvalue weighted by Crippen LogP contribution is 1.97. The lowest BCUT2D eigenvalue weighted by Crippen LogP contribution is -2.45. The summed E-state index contributed by atoms with van der Waals surface area (Å²) in [6, 6.07) is 0. The van der Waals surface area contributed by atoms with Crippen LogP contribution in [0.4, 0.5) is 0 Å². The van der Waals surface area contributed by atoms with Crippen LogP contribution >= 0.6 is 0 Å². The van der Waals surface area contributed by atoms with Gasteiger partial charge in [0, 0.05) is 12.1 Å². The summed E-state index contributed by atoms with van der Waals surface area (Å²) < 4.78 is 0. The molecule has 2 N–H and O–H groups in total. The zero-order valence-electron chi connectivity index (χ0n) is 8.33. The van der Waals surface area contributed by atoms with Crippen LogP contribution in [0.15, 0.2) is 0 Å². The number of unbranched alkanes of at least 4 members (excludes halogenated alkanes) is 1. The Morgan fingerprint density at radius 1 is 1.27 bits per heavy atom. The highest BCUT2D eigenvalue weighted by Gasteiger charge is 2.12. The summed E-state index contributed by atoms with van der Waals surface area (Å²) in [5.41, 5.74) is 0.230. The molecule has 2 nitrogen and oxygen atoms in total. The average Bonchev–Trinajstić information content (AvgIpc) is 1.99. The van der Waals surface area contributed by atoms with Crippen molar-refractivity contribution in [2.75, 3.05) is 20.1 Å². The molecule has 0 heterocycles. The minimum Gasteiger partial charge on any atom is -0.315 e. The van der Waals surface area contributed by atoms with Gasteiger partial charge in [-0.25, -0.2) is 0 Å². The summed E-state index contributed by atoms with van der Waals surface area (Å²) in [6.45, 7) is 8.80. The van der Waals surface area contributed by atoms with Crippen molar-refractivity contribution in [1.29, 1.82) is 0 Å². The van der Waals surface area contributed by atoms with Crippen molar-refractivity contribution in [2.24, 2.45) is 0 Å². The van der Waals surface area contributed by atoms with Crippen LogP contribution in [0.25, 0.3) is 0 Å². The number of hydrogen-bond donors (Lipinski definition) is 2. The van der Waals surface area contributed by atoms with E-state index in [9.17, 15) is 0 Å². The largest absolute Gasteiger partial charge is 0.315 e. The lowest BCUT2D eigenvalue weighted by Gasteiger charge is -2.24. The minimum atomic E-state index is 0.230. The van der Waals surface area contributed by atoms with Gasteiger partial charge in [-0.2, -0.15) is 0 Å². The van der Waals surface area contributed by atoms with Crippen molar-refractivity contribution in [3.05, 3.63) is 0 Å². The van der Waals surface area contributed by atoms with E-state index in [0.717, 1.165) is 13.1 Å². The Morgan fingerprint density at radius 3 is 2.36 bits per heavy atom. The molecule has 0 amide bonds. The highest BCUT2D eigenvalue weighted by atomic mass is 15.0. The van der Waals surface area contributed by atoms with Gasteiger partial charge in [0.2, 0.25) is 0 Å². The van der Waals surface area contributed by atoms with Crippen LogP contribution in [0.5, 0.6) is 0 Å². The summed E-state index contributed by atoms with van der Waals surface area (Å²) in [5.74, 6) is 0. The van der Waals surface area contributed by atoms with Crippen LogP contribution in [0, 0.1) is 0 Å². The van der Waals surface area contributed by atoms with Gasteiger partial charge in [0.05, 0.1) is 0 Å². The van der Waals surface area contributed by atoms with Crippen molar-refractivity contribution in [2.45, 2.75) is 39.2 Å². The molecule has 0 fully saturated rings. The minimum absolute atomic E-state index is 0.230. The Kier molecular flexibility index (Phi) is 5.51. The third-order valence-corrected chi connectivity index (χ3v) is 1.95. The summed E-state index contributed by atoms with van der Waals surface area (Å²) in [7, 11) is 2.00. The van der Waals surface area contributed by atoms with Crippen molar-refractivity contribution >= 4 is 0 Å². The van der Waals surface area contributed by atoms with Crippen molar-refractivity contribution in [3.8, 4) is 0 Å². The molecule has 0 saturated heterocycles. The summed E-state index contributed by atoms with van der Waals surface area (Å²) >= 11 is 0. The molecule has 11 heavy (non-hydrogen) atoms. The SMILES string of the molecule is CCCCNCC(C)(C)NC. The van der Waals surface area contributed by atoms with Crippen LogP contribution in [0.2, 0.25) is 0 Å². The van der Waals surface area contributed by atoms with E-state index in [1.54, 1.807) is 0 Å². The van der Waals surface area contributed by atoms with E-state index in [1.807, 2.05) is 7.05 Å². The van der Waals surface area contributed by atoms with Crippen molar-refractivity contribution < 1.29 is 0 Å². The summed E-state index contributed by atoms with van der Waals surface area (Å²) in [6.07, 6.45) is 2.55. The van der Waals surface area contributed by atoms with Gasteiger partial charge in [0.25, 0.3) is 0 Å². The van der Waals surface area contributed by atoms with Gasteiger partial charge in [-0.3, -0.25) is 0 Å². The molecule has 2 heteroatoms. The zero-order valence-corrected chi connectivity index (χ0v) is 8.33. The second kappa shape index (κ2) is 5.56. The molecule has 0 aromatic rings. The molecule has 0 atom stereocenters. The fraction of sp³-hybridized carbons (Fsp3) is 1.00. The maximum absolute atomic E-state index is 3.42. The number of likely N-dealkylation sites (N-methyl/N-ethyl adjacent to an activating group) is 1. The van der Waals surface area contributed by atoms with Gasteiger partial charge in [0.1, 0.15) is 0 Å². The first-order chi connectivity index (χ1) is 5.12. The van der Waals surface area contributed by atoms with Gasteiger partial charge >= 0.3 is 0 Å². The van der Waals surface area contributed by atoms with Crippen LogP contribution in [0.3, 0.4) is 0 Å². The lowest BCUT2D eigenvalue weighted by molar-refractivity contribution is 0.392. The van der Waals surface area contributed by atoms with E-state index < -0.39 is 0 Å². The zero-order chi connectivity index (χ0) is 8.74. The molecule has 0 rings (SSSR count). The molecule has 0 aromatic carbocycles. The molecule has 0 aliphatic carbocycles. The average molecular weight is 158 g/mol. The van der Waals surface area contributed by atoms with E-state index in [4.69, 9.17) is 0 Å². The Morgan fingerprint density at radius 2 is 1.91 bits per heavy atom. The summed E-state index contributed by atoms with van der Waals surface area (Å²) in [5, 5.41) is 6.67. The van der Waals surface area contributed by atoms with Crippen molar-refractivity contribution in [1.82, 2.24) is 10.6 Å². The smallest absolute Gasteiger partial charge is 0.0246 e. The highest BCUT2D eigenvalue weighted by molar-refractivity contribution is 4.77. The van der Waals surface area contributed by atoms with Crippen LogP contribution in [0.1, 0.15) is 33.6 Å². The Bertz CT molecular complexity index is 89.6. The van der Waals surface area contributed by atoms with Gasteiger partial charge in [-0.05, 0) is 33.9 Å². The lowest BCUT2D eigenvalue weighted by atomic mass is 10.1. The molecule has 0 bridgehead atoms. The first-order valence-electron chi connectivity index (χ1n) is 4.52. The van der Waals surface area contributed by atoms with Crippen LogP contribution in [-0.2, 0) is 0 Å². The van der Waals surface area contributed by atoms with Crippen LogP contribution in [-0.4, -0.2) is 25.7 Å². The predicted molar refractivity (Wildman–Crippen MR) is 50.9 cm³/mol. The third kappa shape index (κ3) is 6.32. The van der Waals surface area contributed by atoms with Gasteiger partial charge < -0.3 is 10.6 Å². The monoisotopic (exact) mass is 158 g/mol. The molecule has 0 aliphatic rings. The van der Waals surface area contributed by atoms with Crippen LogP contribution < -0.4 is 10.6 Å². The fourth-order valence-electron chi connectivity index (χ4n) is 0.791. The number of hydrogen-bond acceptors (Lipinski definition) is 2. The normalized spacial score (nSPS) is 12.0. The quantitative estimate of drug-likeness (QED) is 0.571. The van der Waals surface area contributed by atoms with E-state index in [0.29, 0.717) is 0 Å². The molecule has 0 aromatic heterocycles. The molecule has 0 aliphatic heterocycles. The Labute approximate surface area is 70.8 Å². The first kappa shape index (κ1) is 10.9. The van der Waals surface area contributed by atoms with Gasteiger partial charge in [-0.1, -0.05) is 13.3 Å². The predicted octanol–water partition coefficient (Wildman–Crippen LogP) is 1.37. The topological polar surface area (TPSA) is 24.1 Å². The van der Waals surface area contributed by atoms with E-state index in [1.165, 1.54) is 12.8 Å². The van der Waals surface area contributed by atoms with E-state index in [2.05, 4.69) is 31.4 Å². The maximum atomic E-state index is 3.42. The molecule has 0 saturated carbocycles. The summed E-state index contributed by atoms with van der Waals surface area (Å²) in [4.78, 5) is 0. The molecule has 0 radical (unpaired) electrons. The number of nitrogens with one attached hydrogen (secondary N) is 2.